The Bertz CT molecular complexity index is 1990. The first-order chi connectivity index (χ1) is 27.6. The number of nitrogens with zero attached hydrogens (tertiary/aromatic N) is 4. The number of fused-ring (bicyclic) bond motifs is 1. The highest BCUT2D eigenvalue weighted by Gasteiger charge is 2.47. The Kier molecular flexibility index (Phi) is 18.3. The van der Waals surface area contributed by atoms with Crippen LogP contribution in [-0.4, -0.2) is 125 Å². The van der Waals surface area contributed by atoms with Gasteiger partial charge in [0.25, 0.3) is 15.6 Å². The van der Waals surface area contributed by atoms with Crippen LogP contribution in [0.5, 0.6) is 0 Å². The van der Waals surface area contributed by atoms with E-state index in [1.54, 1.807) is 13.8 Å². The third kappa shape index (κ3) is 15.1. The number of aliphatic hydroxyl groups is 3. The van der Waals surface area contributed by atoms with Crippen molar-refractivity contribution in [3.63, 3.8) is 0 Å². The van der Waals surface area contributed by atoms with E-state index in [0.29, 0.717) is 11.8 Å². The maximum absolute atomic E-state index is 12.6. The molecular formula is C29H44N7O20P3S-4. The minimum atomic E-state index is -5.95. The summed E-state index contributed by atoms with van der Waals surface area (Å²) in [7, 11) is -17.7. The molecule has 27 nitrogen and oxygen atoms in total. The SMILES string of the molecule is CC(C)CC(O)C(C(=O)O)C(=O)SCCNC(=O)CCNC(=O)C(O)C(C)(C)COP(=O)([O-])OP(=O)([O-])OCC1OC(n2cnc3c(N)ncnc32)C(O)C1OP(=O)([O-])[O-]. The Balaban J connectivity index is 1.47. The molecule has 9 unspecified atom stereocenters. The summed E-state index contributed by atoms with van der Waals surface area (Å²) in [6, 6.07) is 0. The molecule has 0 aromatic carbocycles. The van der Waals surface area contributed by atoms with E-state index in [-0.39, 0.29) is 54.6 Å². The number of nitrogens with one attached hydrogen (secondary N) is 2. The normalized spacial score (nSPS) is 22.1. The summed E-state index contributed by atoms with van der Waals surface area (Å²) in [6.07, 6.45) is -9.20. The van der Waals surface area contributed by atoms with Gasteiger partial charge < -0.3 is 79.2 Å². The summed E-state index contributed by atoms with van der Waals surface area (Å²) in [6.45, 7) is 3.06. The van der Waals surface area contributed by atoms with Gasteiger partial charge in [0.1, 0.15) is 36.3 Å². The van der Waals surface area contributed by atoms with Gasteiger partial charge in [-0.15, -0.1) is 0 Å². The molecule has 0 spiro atoms. The molecular weight excluding hydrogens is 891 g/mol. The maximum atomic E-state index is 12.6. The Morgan fingerprint density at radius 1 is 1.03 bits per heavy atom. The highest BCUT2D eigenvalue weighted by molar-refractivity contribution is 8.13. The zero-order valence-corrected chi connectivity index (χ0v) is 35.7. The molecule has 0 radical (unpaired) electrons. The quantitative estimate of drug-likeness (QED) is 0.0302. The van der Waals surface area contributed by atoms with Gasteiger partial charge in [0.2, 0.25) is 16.9 Å². The fraction of sp³-hybridized carbons (Fsp3) is 0.690. The number of imidazole rings is 1. The molecule has 0 bridgehead atoms. The fourth-order valence-corrected chi connectivity index (χ4v) is 8.97. The molecule has 60 heavy (non-hydrogen) atoms. The molecule has 1 aliphatic rings. The molecule has 9 atom stereocenters. The summed E-state index contributed by atoms with van der Waals surface area (Å²) in [5.41, 5.74) is 3.97. The monoisotopic (exact) mass is 935 g/mol. The lowest BCUT2D eigenvalue weighted by molar-refractivity contribution is -0.347. The predicted octanol–water partition coefficient (Wildman–Crippen LogP) is -3.76. The molecule has 1 fully saturated rings. The van der Waals surface area contributed by atoms with E-state index in [9.17, 15) is 72.9 Å². The van der Waals surface area contributed by atoms with Crippen LogP contribution < -0.4 is 35.9 Å². The lowest BCUT2D eigenvalue weighted by Gasteiger charge is -2.36. The van der Waals surface area contributed by atoms with E-state index >= 15 is 0 Å². The second-order valence-electron chi connectivity index (χ2n) is 14.2. The number of aliphatic carboxylic acids is 1. The second kappa shape index (κ2) is 21.4. The molecule has 8 N–H and O–H groups in total. The second-order valence-corrected chi connectivity index (χ2v) is 19.3. The van der Waals surface area contributed by atoms with Crippen LogP contribution in [0.2, 0.25) is 0 Å². The van der Waals surface area contributed by atoms with E-state index in [1.165, 1.54) is 0 Å². The molecule has 2 aromatic heterocycles. The summed E-state index contributed by atoms with van der Waals surface area (Å²) in [4.78, 5) is 108. The molecule has 2 amide bonds. The van der Waals surface area contributed by atoms with E-state index in [4.69, 9.17) is 10.5 Å². The number of carbonyl (C=O) groups is 4. The number of aromatic nitrogens is 4. The summed E-state index contributed by atoms with van der Waals surface area (Å²) in [5, 5.41) is 44.7. The number of phosphoric acid groups is 3. The van der Waals surface area contributed by atoms with Crippen LogP contribution in [-0.2, 0) is 55.5 Å². The lowest BCUT2D eigenvalue weighted by atomic mass is 9.87. The van der Waals surface area contributed by atoms with Crippen molar-refractivity contribution in [1.29, 1.82) is 0 Å². The van der Waals surface area contributed by atoms with E-state index in [0.717, 1.165) is 31.1 Å². The number of nitrogens with two attached hydrogens (primary N) is 1. The number of carboxylic acids is 1. The molecule has 3 rings (SSSR count). The minimum Gasteiger partial charge on any atom is -0.790 e. The number of carboxylic acid groups (broad SMARTS) is 1. The number of hydrogen-bond acceptors (Lipinski definition) is 24. The Hall–Kier alpha value is -3.01. The molecule has 2 aromatic rings. The van der Waals surface area contributed by atoms with Gasteiger partial charge in [0.15, 0.2) is 23.6 Å². The highest BCUT2D eigenvalue weighted by atomic mass is 32.2. The highest BCUT2D eigenvalue weighted by Crippen LogP contribution is 2.56. The van der Waals surface area contributed by atoms with Crippen molar-refractivity contribution in [2.24, 2.45) is 17.3 Å². The van der Waals surface area contributed by atoms with Crippen LogP contribution in [0, 0.1) is 17.3 Å². The number of rotatable bonds is 24. The van der Waals surface area contributed by atoms with Gasteiger partial charge >= 0.3 is 5.97 Å². The van der Waals surface area contributed by atoms with Crippen LogP contribution in [0.3, 0.4) is 0 Å². The first kappa shape index (κ1) is 51.3. The van der Waals surface area contributed by atoms with E-state index in [2.05, 4.69) is 43.5 Å². The van der Waals surface area contributed by atoms with Gasteiger partial charge in [-0.1, -0.05) is 39.5 Å². The van der Waals surface area contributed by atoms with Crippen LogP contribution in [0.1, 0.15) is 46.8 Å². The third-order valence-corrected chi connectivity index (χ3v) is 12.3. The third-order valence-electron chi connectivity index (χ3n) is 8.34. The molecule has 31 heteroatoms. The smallest absolute Gasteiger partial charge is 0.317 e. The molecule has 340 valence electrons. The number of hydrogen-bond donors (Lipinski definition) is 7. The topological polar surface area (TPSA) is 432 Å². The van der Waals surface area contributed by atoms with E-state index < -0.39 is 108 Å². The van der Waals surface area contributed by atoms with Crippen molar-refractivity contribution < 1.29 is 95.5 Å². The maximum Gasteiger partial charge on any atom is 0.317 e. The minimum absolute atomic E-state index is 0.0226. The number of anilines is 1. The number of ether oxygens (including phenoxy) is 1. The van der Waals surface area contributed by atoms with Gasteiger partial charge in [-0.05, 0) is 12.3 Å². The fourth-order valence-electron chi connectivity index (χ4n) is 5.39. The van der Waals surface area contributed by atoms with Crippen molar-refractivity contribution in [2.45, 2.75) is 77.3 Å². The zero-order chi connectivity index (χ0) is 45.4. The van der Waals surface area contributed by atoms with Gasteiger partial charge in [-0.25, -0.2) is 19.3 Å². The van der Waals surface area contributed by atoms with Crippen LogP contribution in [0.25, 0.3) is 11.2 Å². The average Bonchev–Trinajstić information content (AvgIpc) is 3.67. The van der Waals surface area contributed by atoms with Crippen molar-refractivity contribution in [1.82, 2.24) is 30.2 Å². The molecule has 1 aliphatic heterocycles. The number of nitrogen functional groups attached to an aromatic ring is 1. The predicted molar refractivity (Wildman–Crippen MR) is 195 cm³/mol. The van der Waals surface area contributed by atoms with Crippen molar-refractivity contribution in [3.8, 4) is 0 Å². The number of phosphoric ester groups is 3. The van der Waals surface area contributed by atoms with Crippen LogP contribution >= 0.6 is 35.2 Å². The standard InChI is InChI=1S/C29H48N7O20P3S/c1-14(2)9-15(37)18(27(42)43)28(44)60-8-7-31-17(38)5-6-32-25(41)22(40)29(3,4)11-53-59(50,51)56-58(48,49)52-10-16-21(55-57(45,46)47)20(39)26(54-16)36-13-35-19-23(30)33-12-34-24(19)36/h12-16,18,20-22,26,37,39-40H,5-11H2,1-4H3,(H,31,38)(H,32,41)(H,42,43)(H,48,49)(H,50,51)(H2,30,33,34)(H2,45,46,47)/p-4. The van der Waals surface area contributed by atoms with Crippen LogP contribution in [0.15, 0.2) is 12.7 Å². The number of aliphatic hydroxyl groups excluding tert-OH is 3. The number of carbonyl (C=O) groups excluding carboxylic acids is 3. The average molecular weight is 936 g/mol. The number of amides is 2. The molecule has 0 saturated carbocycles. The summed E-state index contributed by atoms with van der Waals surface area (Å²) in [5.74, 6) is -5.00. The first-order valence-electron chi connectivity index (χ1n) is 17.5. The largest absolute Gasteiger partial charge is 0.790 e. The molecule has 3 heterocycles. The van der Waals surface area contributed by atoms with Gasteiger partial charge in [0.05, 0.1) is 33.5 Å². The Morgan fingerprint density at radius 2 is 1.68 bits per heavy atom. The van der Waals surface area contributed by atoms with Gasteiger partial charge in [-0.3, -0.25) is 32.9 Å². The van der Waals surface area contributed by atoms with Gasteiger partial charge in [0, 0.05) is 30.7 Å². The van der Waals surface area contributed by atoms with Crippen LogP contribution in [0.4, 0.5) is 5.82 Å². The zero-order valence-electron chi connectivity index (χ0n) is 32.2. The summed E-state index contributed by atoms with van der Waals surface area (Å²) >= 11 is 0.610. The molecule has 1 saturated heterocycles. The number of thioether (sulfide) groups is 1. The van der Waals surface area contributed by atoms with Crippen molar-refractivity contribution in [3.05, 3.63) is 12.7 Å². The molecule has 0 aliphatic carbocycles. The van der Waals surface area contributed by atoms with Crippen molar-refractivity contribution >= 4 is 75.1 Å². The van der Waals surface area contributed by atoms with Crippen molar-refractivity contribution in [2.75, 3.05) is 37.8 Å². The van der Waals surface area contributed by atoms with Gasteiger partial charge in [-0.2, -0.15) is 0 Å². The summed E-state index contributed by atoms with van der Waals surface area (Å²) < 4.78 is 60.4. The Morgan fingerprint density at radius 3 is 2.30 bits per heavy atom. The lowest BCUT2D eigenvalue weighted by Crippen LogP contribution is -2.46. The Labute approximate surface area is 345 Å². The van der Waals surface area contributed by atoms with E-state index in [1.807, 2.05) is 0 Å². The first-order valence-corrected chi connectivity index (χ1v) is 22.9.